The molecule has 0 atom stereocenters. The van der Waals surface area contributed by atoms with E-state index in [0.29, 0.717) is 13.0 Å². The van der Waals surface area contributed by atoms with Crippen molar-refractivity contribution in [2.24, 2.45) is 0 Å². The molecule has 1 aliphatic heterocycles. The van der Waals surface area contributed by atoms with Crippen LogP contribution in [0.5, 0.6) is 5.75 Å². The maximum absolute atomic E-state index is 13.5. The molecule has 1 heterocycles. The normalized spacial score (nSPS) is 18.0. The lowest BCUT2D eigenvalue weighted by atomic mass is 9.68. The Morgan fingerprint density at radius 1 is 1.03 bits per heavy atom. The van der Waals surface area contributed by atoms with Gasteiger partial charge in [0.1, 0.15) is 5.75 Å². The number of amides is 2. The van der Waals surface area contributed by atoms with Crippen LogP contribution in [0.2, 0.25) is 0 Å². The Bertz CT molecular complexity index is 980. The molecule has 7 heteroatoms. The summed E-state index contributed by atoms with van der Waals surface area (Å²) in [6.07, 6.45) is 5.41. The molecule has 1 saturated carbocycles. The van der Waals surface area contributed by atoms with Gasteiger partial charge in [-0.15, -0.1) is 0 Å². The van der Waals surface area contributed by atoms with E-state index in [4.69, 9.17) is 9.47 Å². The summed E-state index contributed by atoms with van der Waals surface area (Å²) in [6, 6.07) is 15.6. The Labute approximate surface area is 208 Å². The van der Waals surface area contributed by atoms with Crippen LogP contribution in [0, 0.1) is 0 Å². The van der Waals surface area contributed by atoms with E-state index in [1.807, 2.05) is 48.5 Å². The van der Waals surface area contributed by atoms with Gasteiger partial charge in [-0.2, -0.15) is 0 Å². The van der Waals surface area contributed by atoms with Crippen molar-refractivity contribution in [1.82, 2.24) is 10.2 Å². The minimum atomic E-state index is -0.504. The second kappa shape index (κ2) is 12.2. The highest BCUT2D eigenvalue weighted by Gasteiger charge is 2.40. The monoisotopic (exact) mass is 479 g/mol. The van der Waals surface area contributed by atoms with Crippen LogP contribution in [0.4, 0.5) is 5.69 Å². The Balaban J connectivity index is 1.35. The predicted molar refractivity (Wildman–Crippen MR) is 137 cm³/mol. The molecule has 0 radical (unpaired) electrons. The van der Waals surface area contributed by atoms with Gasteiger partial charge in [0.15, 0.2) is 0 Å². The molecule has 7 nitrogen and oxygen atoms in total. The van der Waals surface area contributed by atoms with Gasteiger partial charge in [0.2, 0.25) is 11.8 Å². The third kappa shape index (κ3) is 6.61. The van der Waals surface area contributed by atoms with Crippen molar-refractivity contribution in [2.75, 3.05) is 45.3 Å². The van der Waals surface area contributed by atoms with Crippen LogP contribution in [0.3, 0.4) is 0 Å². The molecule has 2 aromatic carbocycles. The first kappa shape index (κ1) is 25.2. The molecule has 1 aliphatic carbocycles. The standard InChI is InChI=1S/C28H37N3O4/c1-34-25-10-8-23(9-11-25)28(13-3-2-4-14-28)27(33)29-21-22-6-5-7-24(20-22)30-26(32)12-15-31-16-18-35-19-17-31/h5-11,20H,2-4,12-19,21H2,1H3,(H,29,33)(H,30,32). The number of carbonyl (C=O) groups is 2. The lowest BCUT2D eigenvalue weighted by molar-refractivity contribution is -0.128. The second-order valence-corrected chi connectivity index (χ2v) is 9.51. The lowest BCUT2D eigenvalue weighted by Crippen LogP contribution is -2.45. The second-order valence-electron chi connectivity index (χ2n) is 9.51. The zero-order valence-corrected chi connectivity index (χ0v) is 20.7. The van der Waals surface area contributed by atoms with Crippen molar-refractivity contribution in [3.8, 4) is 5.75 Å². The molecule has 35 heavy (non-hydrogen) atoms. The molecule has 4 rings (SSSR count). The van der Waals surface area contributed by atoms with Gasteiger partial charge in [0, 0.05) is 38.3 Å². The van der Waals surface area contributed by atoms with Crippen molar-refractivity contribution in [3.63, 3.8) is 0 Å². The van der Waals surface area contributed by atoms with Crippen LogP contribution in [0.25, 0.3) is 0 Å². The number of hydrogen-bond acceptors (Lipinski definition) is 5. The minimum absolute atomic E-state index is 0.00154. The van der Waals surface area contributed by atoms with Crippen LogP contribution >= 0.6 is 0 Å². The highest BCUT2D eigenvalue weighted by Crippen LogP contribution is 2.40. The number of hydrogen-bond donors (Lipinski definition) is 2. The maximum Gasteiger partial charge on any atom is 0.230 e. The summed E-state index contributed by atoms with van der Waals surface area (Å²) < 4.78 is 10.7. The number of benzene rings is 2. The summed E-state index contributed by atoms with van der Waals surface area (Å²) in [5, 5.41) is 6.18. The molecule has 2 aromatic rings. The molecular formula is C28H37N3O4. The van der Waals surface area contributed by atoms with Crippen molar-refractivity contribution in [3.05, 3.63) is 59.7 Å². The van der Waals surface area contributed by atoms with E-state index in [1.165, 1.54) is 6.42 Å². The molecule has 188 valence electrons. The quantitative estimate of drug-likeness (QED) is 0.571. The van der Waals surface area contributed by atoms with Crippen LogP contribution in [-0.2, 0) is 26.3 Å². The molecule has 0 aromatic heterocycles. The van der Waals surface area contributed by atoms with Gasteiger partial charge < -0.3 is 20.1 Å². The molecule has 2 amide bonds. The van der Waals surface area contributed by atoms with E-state index in [0.717, 1.165) is 81.1 Å². The van der Waals surface area contributed by atoms with Crippen molar-refractivity contribution < 1.29 is 19.1 Å². The van der Waals surface area contributed by atoms with Gasteiger partial charge in [0.25, 0.3) is 0 Å². The number of rotatable bonds is 9. The van der Waals surface area contributed by atoms with Crippen molar-refractivity contribution in [1.29, 1.82) is 0 Å². The highest BCUT2D eigenvalue weighted by atomic mass is 16.5. The average molecular weight is 480 g/mol. The number of anilines is 1. The topological polar surface area (TPSA) is 79.9 Å². The molecule has 2 aliphatic rings. The first-order valence-electron chi connectivity index (χ1n) is 12.7. The molecule has 0 bridgehead atoms. The van der Waals surface area contributed by atoms with E-state index < -0.39 is 5.41 Å². The van der Waals surface area contributed by atoms with Gasteiger partial charge in [-0.25, -0.2) is 0 Å². The highest BCUT2D eigenvalue weighted by molar-refractivity contribution is 5.91. The number of nitrogens with one attached hydrogen (secondary N) is 2. The van der Waals surface area contributed by atoms with E-state index in [9.17, 15) is 9.59 Å². The average Bonchev–Trinajstić information content (AvgIpc) is 2.92. The first-order valence-corrected chi connectivity index (χ1v) is 12.7. The lowest BCUT2D eigenvalue weighted by Gasteiger charge is -2.36. The largest absolute Gasteiger partial charge is 0.497 e. The molecular weight excluding hydrogens is 442 g/mol. The summed E-state index contributed by atoms with van der Waals surface area (Å²) in [6.45, 7) is 4.37. The molecule has 0 unspecified atom stereocenters. The maximum atomic E-state index is 13.5. The fourth-order valence-corrected chi connectivity index (χ4v) is 5.13. The summed E-state index contributed by atoms with van der Waals surface area (Å²) >= 11 is 0. The number of nitrogens with zero attached hydrogens (tertiary/aromatic N) is 1. The summed E-state index contributed by atoms with van der Waals surface area (Å²) in [4.78, 5) is 28.2. The van der Waals surface area contributed by atoms with E-state index in [2.05, 4.69) is 15.5 Å². The fourth-order valence-electron chi connectivity index (χ4n) is 5.13. The Morgan fingerprint density at radius 3 is 2.49 bits per heavy atom. The Kier molecular flexibility index (Phi) is 8.77. The van der Waals surface area contributed by atoms with Crippen molar-refractivity contribution >= 4 is 17.5 Å². The van der Waals surface area contributed by atoms with Crippen LogP contribution in [0.1, 0.15) is 49.7 Å². The van der Waals surface area contributed by atoms with Crippen LogP contribution < -0.4 is 15.4 Å². The summed E-state index contributed by atoms with van der Waals surface area (Å²) in [7, 11) is 1.65. The van der Waals surface area contributed by atoms with Gasteiger partial charge >= 0.3 is 0 Å². The van der Waals surface area contributed by atoms with Gasteiger partial charge in [0.05, 0.1) is 25.7 Å². The van der Waals surface area contributed by atoms with E-state index >= 15 is 0 Å². The SMILES string of the molecule is COc1ccc(C2(C(=O)NCc3cccc(NC(=O)CCN4CCOCC4)c3)CCCCC2)cc1. The zero-order chi connectivity index (χ0) is 24.5. The molecule has 0 spiro atoms. The van der Waals surface area contributed by atoms with Gasteiger partial charge in [-0.3, -0.25) is 14.5 Å². The zero-order valence-electron chi connectivity index (χ0n) is 20.7. The van der Waals surface area contributed by atoms with E-state index in [-0.39, 0.29) is 11.8 Å². The number of carbonyl (C=O) groups excluding carboxylic acids is 2. The van der Waals surface area contributed by atoms with Crippen molar-refractivity contribution in [2.45, 2.75) is 50.5 Å². The van der Waals surface area contributed by atoms with Gasteiger partial charge in [-0.05, 0) is 48.2 Å². The summed E-state index contributed by atoms with van der Waals surface area (Å²) in [5.74, 6) is 0.865. The smallest absolute Gasteiger partial charge is 0.230 e. The van der Waals surface area contributed by atoms with Gasteiger partial charge in [-0.1, -0.05) is 43.5 Å². The van der Waals surface area contributed by atoms with Crippen LogP contribution in [0.15, 0.2) is 48.5 Å². The Morgan fingerprint density at radius 2 is 1.77 bits per heavy atom. The first-order chi connectivity index (χ1) is 17.1. The van der Waals surface area contributed by atoms with Crippen LogP contribution in [-0.4, -0.2) is 56.7 Å². The molecule has 2 N–H and O–H groups in total. The Hall–Kier alpha value is -2.90. The number of methoxy groups -OCH3 is 1. The van der Waals surface area contributed by atoms with E-state index in [1.54, 1.807) is 7.11 Å². The predicted octanol–water partition coefficient (Wildman–Crippen LogP) is 3.87. The fraction of sp³-hybridized carbons (Fsp3) is 0.500. The molecule has 2 fully saturated rings. The third-order valence-corrected chi connectivity index (χ3v) is 7.21. The number of ether oxygens (including phenoxy) is 2. The third-order valence-electron chi connectivity index (χ3n) is 7.21. The summed E-state index contributed by atoms with van der Waals surface area (Å²) in [5.41, 5.74) is 2.27. The molecule has 1 saturated heterocycles. The minimum Gasteiger partial charge on any atom is -0.497 e. The number of morpholine rings is 1.